The van der Waals surface area contributed by atoms with E-state index in [0.717, 1.165) is 37.8 Å². The van der Waals surface area contributed by atoms with Crippen LogP contribution < -0.4 is 5.32 Å². The molecular weight excluding hydrogens is 352 g/mol. The molecule has 2 rings (SSSR count). The van der Waals surface area contributed by atoms with Gasteiger partial charge in [0.25, 0.3) is 0 Å². The molecule has 1 aromatic rings. The lowest BCUT2D eigenvalue weighted by Gasteiger charge is -2.28. The van der Waals surface area contributed by atoms with Crippen molar-refractivity contribution in [3.05, 3.63) is 14.5 Å². The van der Waals surface area contributed by atoms with Crippen molar-refractivity contribution >= 4 is 33.4 Å². The first-order chi connectivity index (χ1) is 9.99. The van der Waals surface area contributed by atoms with Crippen LogP contribution in [0.1, 0.15) is 63.1 Å². The number of carbonyl (C=O) groups is 1. The van der Waals surface area contributed by atoms with Crippen LogP contribution in [0.15, 0.2) is 3.79 Å². The quantitative estimate of drug-likeness (QED) is 0.835. The Kier molecular flexibility index (Phi) is 6.05. The first-order valence-electron chi connectivity index (χ1n) is 7.61. The van der Waals surface area contributed by atoms with Crippen molar-refractivity contribution in [2.45, 2.75) is 70.9 Å². The Hall–Kier alpha value is -0.620. The number of alkyl carbamates (subject to hydrolysis) is 1. The van der Waals surface area contributed by atoms with Crippen LogP contribution in [0.3, 0.4) is 0 Å². The molecule has 1 heterocycles. The summed E-state index contributed by atoms with van der Waals surface area (Å²) in [4.78, 5) is 16.3. The van der Waals surface area contributed by atoms with Crippen LogP contribution in [-0.4, -0.2) is 23.2 Å². The molecule has 0 unspecified atom stereocenters. The Morgan fingerprint density at radius 3 is 2.62 bits per heavy atom. The van der Waals surface area contributed by atoms with Crippen molar-refractivity contribution < 1.29 is 9.53 Å². The predicted molar refractivity (Wildman–Crippen MR) is 88.9 cm³/mol. The van der Waals surface area contributed by atoms with E-state index in [2.05, 4.69) is 28.2 Å². The van der Waals surface area contributed by atoms with Crippen molar-refractivity contribution in [2.75, 3.05) is 0 Å². The molecule has 6 heteroatoms. The number of carbonyl (C=O) groups excluding carboxylic acids is 1. The molecule has 21 heavy (non-hydrogen) atoms. The van der Waals surface area contributed by atoms with E-state index in [4.69, 9.17) is 9.72 Å². The van der Waals surface area contributed by atoms with E-state index in [0.29, 0.717) is 5.92 Å². The second-order valence-corrected chi connectivity index (χ2v) is 8.12. The predicted octanol–water partition coefficient (Wildman–Crippen LogP) is 4.63. The minimum atomic E-state index is -0.293. The summed E-state index contributed by atoms with van der Waals surface area (Å²) in [5.41, 5.74) is 1.16. The van der Waals surface area contributed by atoms with Gasteiger partial charge in [-0.1, -0.05) is 6.92 Å². The highest BCUT2D eigenvalue weighted by Crippen LogP contribution is 2.37. The minimum absolute atomic E-state index is 0.0681. The summed E-state index contributed by atoms with van der Waals surface area (Å²) >= 11 is 5.36. The van der Waals surface area contributed by atoms with E-state index in [1.165, 1.54) is 8.79 Å². The average Bonchev–Trinajstić information content (AvgIpc) is 2.80. The van der Waals surface area contributed by atoms with Crippen molar-refractivity contribution in [2.24, 2.45) is 0 Å². The third kappa shape index (κ3) is 4.68. The van der Waals surface area contributed by atoms with Crippen LogP contribution in [0.2, 0.25) is 0 Å². The lowest BCUT2D eigenvalue weighted by molar-refractivity contribution is 0.109. The van der Waals surface area contributed by atoms with Gasteiger partial charge in [-0.3, -0.25) is 0 Å². The minimum Gasteiger partial charge on any atom is -0.447 e. The van der Waals surface area contributed by atoms with E-state index in [-0.39, 0.29) is 18.2 Å². The molecule has 1 fully saturated rings. The van der Waals surface area contributed by atoms with Crippen LogP contribution in [0.4, 0.5) is 4.79 Å². The van der Waals surface area contributed by atoms with E-state index in [9.17, 15) is 4.79 Å². The van der Waals surface area contributed by atoms with Crippen LogP contribution in [0.5, 0.6) is 0 Å². The van der Waals surface area contributed by atoms with Gasteiger partial charge >= 0.3 is 6.09 Å². The lowest BCUT2D eigenvalue weighted by Crippen LogP contribution is -2.38. The molecule has 0 bridgehead atoms. The Morgan fingerprint density at radius 1 is 1.43 bits per heavy atom. The second-order valence-electron chi connectivity index (χ2n) is 5.77. The molecule has 0 spiro atoms. The fourth-order valence-corrected chi connectivity index (χ4v) is 4.56. The monoisotopic (exact) mass is 374 g/mol. The number of hydrogen-bond acceptors (Lipinski definition) is 4. The van der Waals surface area contributed by atoms with Crippen molar-refractivity contribution in [3.63, 3.8) is 0 Å². The van der Waals surface area contributed by atoms with Gasteiger partial charge in [0.05, 0.1) is 20.6 Å². The highest BCUT2D eigenvalue weighted by atomic mass is 79.9. The zero-order chi connectivity index (χ0) is 15.4. The number of ether oxygens (including phenoxy) is 1. The van der Waals surface area contributed by atoms with Crippen molar-refractivity contribution in [3.8, 4) is 0 Å². The van der Waals surface area contributed by atoms with Crippen LogP contribution in [0, 0.1) is 0 Å². The maximum absolute atomic E-state index is 11.6. The Balaban J connectivity index is 1.84. The van der Waals surface area contributed by atoms with Gasteiger partial charge in [-0.05, 0) is 61.9 Å². The highest BCUT2D eigenvalue weighted by Gasteiger charge is 2.26. The molecule has 0 atom stereocenters. The standard InChI is InChI=1S/C15H23BrN2O2S/c1-4-12-13(16)21-14(18-12)10-5-7-11(8-6-10)17-15(19)20-9(2)3/h9-11H,4-8H2,1-3H3,(H,17,19). The number of hydrogen-bond donors (Lipinski definition) is 1. The number of aromatic nitrogens is 1. The van der Waals surface area contributed by atoms with Crippen LogP contribution in [-0.2, 0) is 11.2 Å². The number of halogens is 1. The van der Waals surface area contributed by atoms with E-state index in [1.54, 1.807) is 11.3 Å². The lowest BCUT2D eigenvalue weighted by atomic mass is 9.86. The first kappa shape index (κ1) is 16.7. The summed E-state index contributed by atoms with van der Waals surface area (Å²) in [5, 5.41) is 4.20. The molecule has 4 nitrogen and oxygen atoms in total. The number of rotatable bonds is 4. The molecule has 118 valence electrons. The van der Waals surface area contributed by atoms with Gasteiger partial charge in [-0.2, -0.15) is 0 Å². The molecule has 1 aromatic heterocycles. The van der Waals surface area contributed by atoms with Gasteiger partial charge in [0.2, 0.25) is 0 Å². The molecule has 1 saturated carbocycles. The number of thiazole rings is 1. The average molecular weight is 375 g/mol. The summed E-state index contributed by atoms with van der Waals surface area (Å²) in [6.07, 6.45) is 4.76. The second kappa shape index (κ2) is 7.58. The van der Waals surface area contributed by atoms with Gasteiger partial charge in [-0.15, -0.1) is 11.3 Å². The highest BCUT2D eigenvalue weighted by molar-refractivity contribution is 9.11. The number of aryl methyl sites for hydroxylation is 1. The zero-order valence-corrected chi connectivity index (χ0v) is 15.2. The molecule has 0 saturated heterocycles. The first-order valence-corrected chi connectivity index (χ1v) is 9.22. The van der Waals surface area contributed by atoms with E-state index in [1.807, 2.05) is 13.8 Å². The molecule has 0 aromatic carbocycles. The van der Waals surface area contributed by atoms with Gasteiger partial charge in [-0.25, -0.2) is 9.78 Å². The van der Waals surface area contributed by atoms with E-state index >= 15 is 0 Å². The van der Waals surface area contributed by atoms with Gasteiger partial charge in [0, 0.05) is 12.0 Å². The summed E-state index contributed by atoms with van der Waals surface area (Å²) in [6.45, 7) is 5.86. The SMILES string of the molecule is CCc1nc(C2CCC(NC(=O)OC(C)C)CC2)sc1Br. The molecule has 0 aliphatic heterocycles. The zero-order valence-electron chi connectivity index (χ0n) is 12.8. The fourth-order valence-electron chi connectivity index (χ4n) is 2.64. The van der Waals surface area contributed by atoms with Crippen LogP contribution >= 0.6 is 27.3 Å². The third-order valence-corrected chi connectivity index (χ3v) is 5.73. The van der Waals surface area contributed by atoms with Gasteiger partial charge in [0.1, 0.15) is 0 Å². The smallest absolute Gasteiger partial charge is 0.407 e. The summed E-state index contributed by atoms with van der Waals surface area (Å²) in [6, 6.07) is 0.238. The molecule has 1 amide bonds. The largest absolute Gasteiger partial charge is 0.447 e. The number of nitrogens with one attached hydrogen (secondary N) is 1. The topological polar surface area (TPSA) is 51.2 Å². The van der Waals surface area contributed by atoms with Gasteiger partial charge in [0.15, 0.2) is 0 Å². The van der Waals surface area contributed by atoms with Crippen molar-refractivity contribution in [1.82, 2.24) is 10.3 Å². The van der Waals surface area contributed by atoms with Crippen LogP contribution in [0.25, 0.3) is 0 Å². The third-order valence-electron chi connectivity index (χ3n) is 3.74. The maximum Gasteiger partial charge on any atom is 0.407 e. The summed E-state index contributed by atoms with van der Waals surface area (Å²) in [7, 11) is 0. The summed E-state index contributed by atoms with van der Waals surface area (Å²) < 4.78 is 6.30. The van der Waals surface area contributed by atoms with Crippen molar-refractivity contribution in [1.29, 1.82) is 0 Å². The number of nitrogens with zero attached hydrogens (tertiary/aromatic N) is 1. The van der Waals surface area contributed by atoms with Gasteiger partial charge < -0.3 is 10.1 Å². The number of amides is 1. The Labute approximate surface area is 138 Å². The molecular formula is C15H23BrN2O2S. The van der Waals surface area contributed by atoms with E-state index < -0.39 is 0 Å². The molecule has 0 radical (unpaired) electrons. The normalized spacial score (nSPS) is 22.3. The molecule has 1 aliphatic carbocycles. The maximum atomic E-state index is 11.6. The summed E-state index contributed by atoms with van der Waals surface area (Å²) in [5.74, 6) is 0.533. The fraction of sp³-hybridized carbons (Fsp3) is 0.733. The molecule has 1 N–H and O–H groups in total. The molecule has 1 aliphatic rings. The Bertz CT molecular complexity index is 482. The Morgan fingerprint density at radius 2 is 2.10 bits per heavy atom.